The first kappa shape index (κ1) is 30.0. The number of rotatable bonds is 5. The molecule has 11 rings (SSSR count). The first-order chi connectivity index (χ1) is 26.0. The number of nitrogens with zero attached hydrogens (tertiary/aromatic N) is 1. The Morgan fingerprint density at radius 2 is 1.00 bits per heavy atom. The monoisotopic (exact) mass is 676 g/mol. The molecule has 0 saturated heterocycles. The minimum atomic E-state index is -0.0667. The largest absolute Gasteiger partial charge is 0.356 e. The quantitative estimate of drug-likeness (QED) is 0.192. The second kappa shape index (κ2) is 11.2. The van der Waals surface area contributed by atoms with Crippen molar-refractivity contribution in [3.05, 3.63) is 187 Å². The number of benzene rings is 8. The topological polar surface area (TPSA) is 17.0 Å². The molecule has 0 saturated carbocycles. The molecule has 0 atom stereocenters. The van der Waals surface area contributed by atoms with Crippen LogP contribution in [0.3, 0.4) is 0 Å². The molecule has 0 amide bonds. The van der Waals surface area contributed by atoms with E-state index in [-0.39, 0.29) is 5.41 Å². The van der Waals surface area contributed by atoms with Gasteiger partial charge in [-0.25, -0.2) is 0 Å². The molecule has 2 aliphatic rings. The van der Waals surface area contributed by atoms with Crippen molar-refractivity contribution in [3.8, 4) is 61.3 Å². The van der Waals surface area contributed by atoms with Gasteiger partial charge in [-0.2, -0.15) is 0 Å². The highest BCUT2D eigenvalue weighted by atomic mass is 15.0. The second-order valence-electron chi connectivity index (χ2n) is 15.0. The smallest absolute Gasteiger partial charge is 0.0623 e. The molecule has 2 heterocycles. The maximum absolute atomic E-state index is 3.60. The molecular weight excluding hydrogens is 641 g/mol. The number of para-hydroxylation sites is 2. The Morgan fingerprint density at radius 3 is 1.83 bits per heavy atom. The zero-order chi connectivity index (χ0) is 35.3. The fraction of sp³-hybridized carbons (Fsp3) is 0.0588. The Morgan fingerprint density at radius 1 is 0.396 bits per heavy atom. The molecule has 1 aliphatic heterocycles. The second-order valence-corrected chi connectivity index (χ2v) is 15.0. The lowest BCUT2D eigenvalue weighted by atomic mass is 9.81. The van der Waals surface area contributed by atoms with E-state index in [4.69, 9.17) is 0 Å². The molecule has 0 bridgehead atoms. The lowest BCUT2D eigenvalue weighted by molar-refractivity contribution is 0.661. The highest BCUT2D eigenvalue weighted by Crippen LogP contribution is 2.58. The van der Waals surface area contributed by atoms with Crippen LogP contribution in [0.4, 0.5) is 11.4 Å². The normalized spacial score (nSPS) is 13.2. The third-order valence-electron chi connectivity index (χ3n) is 11.7. The molecule has 2 heteroatoms. The Bertz CT molecular complexity index is 2910. The molecule has 1 N–H and O–H groups in total. The van der Waals surface area contributed by atoms with E-state index in [1.165, 1.54) is 94.3 Å². The van der Waals surface area contributed by atoms with Gasteiger partial charge in [-0.15, -0.1) is 0 Å². The van der Waals surface area contributed by atoms with Gasteiger partial charge in [0.2, 0.25) is 0 Å². The van der Waals surface area contributed by atoms with E-state index in [9.17, 15) is 0 Å². The number of nitrogens with one attached hydrogen (secondary N) is 1. The Kier molecular flexibility index (Phi) is 6.33. The summed E-state index contributed by atoms with van der Waals surface area (Å²) in [5.74, 6) is 0. The maximum Gasteiger partial charge on any atom is 0.0623 e. The summed E-state index contributed by atoms with van der Waals surface area (Å²) in [6.07, 6.45) is 0. The third-order valence-corrected chi connectivity index (χ3v) is 11.7. The van der Waals surface area contributed by atoms with Crippen LogP contribution < -0.4 is 5.32 Å². The molecular formula is C51H36N2. The van der Waals surface area contributed by atoms with Gasteiger partial charge in [0.1, 0.15) is 0 Å². The Hall–Kier alpha value is -6.64. The van der Waals surface area contributed by atoms with Crippen molar-refractivity contribution in [3.63, 3.8) is 0 Å². The fourth-order valence-corrected chi connectivity index (χ4v) is 9.17. The van der Waals surface area contributed by atoms with Crippen LogP contribution in [0.1, 0.15) is 25.0 Å². The summed E-state index contributed by atoms with van der Waals surface area (Å²) in [5.41, 5.74) is 21.4. The Labute approximate surface area is 309 Å². The van der Waals surface area contributed by atoms with E-state index in [2.05, 4.69) is 200 Å². The van der Waals surface area contributed by atoms with Gasteiger partial charge in [0, 0.05) is 44.3 Å². The van der Waals surface area contributed by atoms with Gasteiger partial charge in [0.15, 0.2) is 0 Å². The number of hydrogen-bond donors (Lipinski definition) is 1. The maximum atomic E-state index is 3.60. The van der Waals surface area contributed by atoms with Crippen LogP contribution in [-0.4, -0.2) is 4.57 Å². The van der Waals surface area contributed by atoms with Crippen LogP contribution in [0.15, 0.2) is 176 Å². The summed E-state index contributed by atoms with van der Waals surface area (Å²) in [7, 11) is 0. The number of hydrogen-bond acceptors (Lipinski definition) is 1. The van der Waals surface area contributed by atoms with Crippen LogP contribution in [0.5, 0.6) is 0 Å². The number of fused-ring (bicyclic) bond motifs is 6. The van der Waals surface area contributed by atoms with Gasteiger partial charge in [0.05, 0.1) is 16.7 Å². The van der Waals surface area contributed by atoms with Gasteiger partial charge in [-0.1, -0.05) is 159 Å². The van der Waals surface area contributed by atoms with Crippen LogP contribution >= 0.6 is 0 Å². The molecule has 0 unspecified atom stereocenters. The van der Waals surface area contributed by atoms with Gasteiger partial charge < -0.3 is 9.88 Å². The minimum Gasteiger partial charge on any atom is -0.356 e. The SMILES string of the molecule is CC1(C)c2cccc3c2-c2c1ccc1c4cccc(-c5ccc(-c6ccc(Nc7cccc(-c8ccccc8)c7)cc6)cc5)c4n(c21)-c1ccccc1-3. The van der Waals surface area contributed by atoms with Crippen LogP contribution in [-0.2, 0) is 5.41 Å². The summed E-state index contributed by atoms with van der Waals surface area (Å²) in [6.45, 7) is 4.77. The standard InChI is InChI=1S/C51H36N2/c1-51(2)44-19-10-17-41-40-15-6-7-20-46(40)53-49-39(16-9-18-42(49)43-29-30-45(51)48(47(41)44)50(43)53)35-23-21-33(22-24-35)34-25-27-37(28-26-34)52-38-14-8-13-36(31-38)32-11-4-3-5-12-32/h3-31,52H,1-2H3. The van der Waals surface area contributed by atoms with Gasteiger partial charge in [-0.05, 0) is 80.4 Å². The molecule has 8 aromatic carbocycles. The van der Waals surface area contributed by atoms with Crippen molar-refractivity contribution in [2.75, 3.05) is 5.32 Å². The average Bonchev–Trinajstić information content (AvgIpc) is 3.62. The lowest BCUT2D eigenvalue weighted by Crippen LogP contribution is -2.15. The van der Waals surface area contributed by atoms with Crippen molar-refractivity contribution < 1.29 is 0 Å². The van der Waals surface area contributed by atoms with Gasteiger partial charge in [0.25, 0.3) is 0 Å². The lowest BCUT2D eigenvalue weighted by Gasteiger charge is -2.22. The summed E-state index contributed by atoms with van der Waals surface area (Å²) in [6, 6.07) is 64.4. The molecule has 0 fully saturated rings. The van der Waals surface area contributed by atoms with E-state index in [0.717, 1.165) is 11.4 Å². The highest BCUT2D eigenvalue weighted by molar-refractivity contribution is 6.21. The molecule has 2 nitrogen and oxygen atoms in total. The van der Waals surface area contributed by atoms with Crippen molar-refractivity contribution in [1.29, 1.82) is 0 Å². The number of anilines is 2. The first-order valence-corrected chi connectivity index (χ1v) is 18.5. The molecule has 250 valence electrons. The van der Waals surface area contributed by atoms with Crippen LogP contribution in [0.2, 0.25) is 0 Å². The van der Waals surface area contributed by atoms with Crippen molar-refractivity contribution >= 4 is 33.2 Å². The summed E-state index contributed by atoms with van der Waals surface area (Å²) in [4.78, 5) is 0. The predicted octanol–water partition coefficient (Wildman–Crippen LogP) is 13.8. The van der Waals surface area contributed by atoms with Gasteiger partial charge >= 0.3 is 0 Å². The van der Waals surface area contributed by atoms with E-state index in [1.54, 1.807) is 0 Å². The van der Waals surface area contributed by atoms with Crippen LogP contribution in [0, 0.1) is 0 Å². The van der Waals surface area contributed by atoms with Gasteiger partial charge in [-0.3, -0.25) is 0 Å². The van der Waals surface area contributed by atoms with Crippen molar-refractivity contribution in [2.24, 2.45) is 0 Å². The van der Waals surface area contributed by atoms with E-state index < -0.39 is 0 Å². The van der Waals surface area contributed by atoms with E-state index >= 15 is 0 Å². The average molecular weight is 677 g/mol. The van der Waals surface area contributed by atoms with Crippen LogP contribution in [0.25, 0.3) is 83.1 Å². The highest BCUT2D eigenvalue weighted by Gasteiger charge is 2.41. The molecule has 1 aromatic heterocycles. The minimum absolute atomic E-state index is 0.0667. The summed E-state index contributed by atoms with van der Waals surface area (Å²) in [5, 5.41) is 6.20. The first-order valence-electron chi connectivity index (χ1n) is 18.5. The predicted molar refractivity (Wildman–Crippen MR) is 223 cm³/mol. The molecule has 53 heavy (non-hydrogen) atoms. The van der Waals surface area contributed by atoms with Crippen molar-refractivity contribution in [2.45, 2.75) is 19.3 Å². The van der Waals surface area contributed by atoms with E-state index in [0.29, 0.717) is 0 Å². The summed E-state index contributed by atoms with van der Waals surface area (Å²) >= 11 is 0. The Balaban J connectivity index is 0.993. The zero-order valence-electron chi connectivity index (χ0n) is 29.7. The van der Waals surface area contributed by atoms with E-state index in [1.807, 2.05) is 0 Å². The zero-order valence-corrected chi connectivity index (χ0v) is 29.7. The van der Waals surface area contributed by atoms with Crippen molar-refractivity contribution in [1.82, 2.24) is 4.57 Å². The fourth-order valence-electron chi connectivity index (χ4n) is 9.17. The molecule has 9 aromatic rings. The third kappa shape index (κ3) is 4.39. The summed E-state index contributed by atoms with van der Waals surface area (Å²) < 4.78 is 2.58. The number of aromatic nitrogens is 1. The molecule has 0 spiro atoms. The molecule has 1 aliphatic carbocycles. The molecule has 0 radical (unpaired) electrons.